The highest BCUT2D eigenvalue weighted by atomic mass is 32.2. The lowest BCUT2D eigenvalue weighted by Gasteiger charge is -2.26. The van der Waals surface area contributed by atoms with Crippen LogP contribution in [0.2, 0.25) is 0 Å². The first-order chi connectivity index (χ1) is 13.3. The van der Waals surface area contributed by atoms with Gasteiger partial charge in [0, 0.05) is 5.92 Å². The fourth-order valence-corrected chi connectivity index (χ4v) is 2.93. The second-order valence-corrected chi connectivity index (χ2v) is 10.7. The number of carbonyl (C=O) groups excluding carboxylic acids is 1. The SMILES string of the molecule is CCC(C)(C)C(=O)OCCOP(=O)(O)O.CCC(C)C(=N)OC(C)(C)CS(=O)(=O)O. The molecular weight excluding hydrogens is 441 g/mol. The van der Waals surface area contributed by atoms with Gasteiger partial charge in [-0.05, 0) is 40.5 Å². The van der Waals surface area contributed by atoms with Gasteiger partial charge in [-0.3, -0.25) is 19.3 Å². The molecule has 0 radical (unpaired) electrons. The number of nitrogens with one attached hydrogen (secondary N) is 1. The van der Waals surface area contributed by atoms with Gasteiger partial charge < -0.3 is 19.3 Å². The molecule has 0 aromatic rings. The molecule has 0 fully saturated rings. The fraction of sp³-hybridized carbons (Fsp3) is 0.882. The molecular formula is C17H36NO10PS. The molecule has 180 valence electrons. The number of phosphoric acid groups is 1. The van der Waals surface area contributed by atoms with E-state index in [1.54, 1.807) is 13.8 Å². The Kier molecular flexibility index (Phi) is 13.2. The van der Waals surface area contributed by atoms with E-state index < -0.39 is 40.7 Å². The summed E-state index contributed by atoms with van der Waals surface area (Å²) in [5, 5.41) is 7.56. The molecule has 0 saturated carbocycles. The Morgan fingerprint density at radius 2 is 1.63 bits per heavy atom. The van der Waals surface area contributed by atoms with E-state index in [9.17, 15) is 17.8 Å². The van der Waals surface area contributed by atoms with Crippen LogP contribution in [0.3, 0.4) is 0 Å². The van der Waals surface area contributed by atoms with Gasteiger partial charge in [0.1, 0.15) is 18.0 Å². The molecule has 0 amide bonds. The second kappa shape index (κ2) is 12.7. The Morgan fingerprint density at radius 3 is 2.00 bits per heavy atom. The lowest BCUT2D eigenvalue weighted by molar-refractivity contribution is -0.155. The van der Waals surface area contributed by atoms with Crippen molar-refractivity contribution in [3.8, 4) is 0 Å². The predicted octanol–water partition coefficient (Wildman–Crippen LogP) is 2.77. The molecule has 0 aromatic heterocycles. The number of hydrogen-bond acceptors (Lipinski definition) is 8. The molecule has 0 bridgehead atoms. The Balaban J connectivity index is 0. The molecule has 0 aliphatic heterocycles. The van der Waals surface area contributed by atoms with Gasteiger partial charge in [0.2, 0.25) is 0 Å². The lowest BCUT2D eigenvalue weighted by Crippen LogP contribution is -2.37. The normalized spacial score (nSPS) is 13.7. The number of hydrogen-bond donors (Lipinski definition) is 4. The third kappa shape index (κ3) is 16.7. The summed E-state index contributed by atoms with van der Waals surface area (Å²) in [7, 11) is -8.55. The van der Waals surface area contributed by atoms with Gasteiger partial charge in [0.15, 0.2) is 5.90 Å². The summed E-state index contributed by atoms with van der Waals surface area (Å²) in [5.41, 5.74) is -1.66. The van der Waals surface area contributed by atoms with Crippen LogP contribution in [-0.4, -0.2) is 59.2 Å². The van der Waals surface area contributed by atoms with Crippen LogP contribution in [0, 0.1) is 16.7 Å². The van der Waals surface area contributed by atoms with E-state index in [0.717, 1.165) is 6.42 Å². The van der Waals surface area contributed by atoms with Gasteiger partial charge in [0.25, 0.3) is 10.1 Å². The van der Waals surface area contributed by atoms with Crippen LogP contribution in [0.5, 0.6) is 0 Å². The Labute approximate surface area is 179 Å². The van der Waals surface area contributed by atoms with E-state index in [4.69, 9.17) is 29.2 Å². The largest absolute Gasteiger partial charge is 0.474 e. The topological polar surface area (TPSA) is 181 Å². The van der Waals surface area contributed by atoms with Crippen LogP contribution in [0.15, 0.2) is 0 Å². The van der Waals surface area contributed by atoms with E-state index in [0.29, 0.717) is 6.42 Å². The van der Waals surface area contributed by atoms with Crippen molar-refractivity contribution in [3.63, 3.8) is 0 Å². The van der Waals surface area contributed by atoms with Crippen LogP contribution < -0.4 is 0 Å². The zero-order valence-electron chi connectivity index (χ0n) is 18.7. The van der Waals surface area contributed by atoms with Gasteiger partial charge in [-0.1, -0.05) is 20.8 Å². The van der Waals surface area contributed by atoms with Crippen LogP contribution in [0.1, 0.15) is 61.3 Å². The zero-order chi connectivity index (χ0) is 24.4. The van der Waals surface area contributed by atoms with E-state index >= 15 is 0 Å². The highest BCUT2D eigenvalue weighted by molar-refractivity contribution is 7.85. The molecule has 4 N–H and O–H groups in total. The van der Waals surface area contributed by atoms with Crippen molar-refractivity contribution < 1.29 is 46.1 Å². The highest BCUT2D eigenvalue weighted by Gasteiger charge is 2.29. The third-order valence-corrected chi connectivity index (χ3v) is 5.57. The first-order valence-corrected chi connectivity index (χ1v) is 12.5. The molecule has 0 heterocycles. The highest BCUT2D eigenvalue weighted by Crippen LogP contribution is 2.35. The molecule has 0 spiro atoms. The van der Waals surface area contributed by atoms with Gasteiger partial charge in [0.05, 0.1) is 12.0 Å². The van der Waals surface area contributed by atoms with Crippen molar-refractivity contribution in [1.82, 2.24) is 0 Å². The van der Waals surface area contributed by atoms with Crippen molar-refractivity contribution >= 4 is 29.8 Å². The van der Waals surface area contributed by atoms with Crippen molar-refractivity contribution in [2.75, 3.05) is 19.0 Å². The number of ether oxygens (including phenoxy) is 2. The molecule has 1 unspecified atom stereocenters. The Morgan fingerprint density at radius 1 is 1.13 bits per heavy atom. The summed E-state index contributed by atoms with van der Waals surface area (Å²) in [6, 6.07) is 0. The van der Waals surface area contributed by atoms with Gasteiger partial charge in [-0.2, -0.15) is 8.42 Å². The quantitative estimate of drug-likeness (QED) is 0.0862. The van der Waals surface area contributed by atoms with Crippen molar-refractivity contribution in [2.45, 2.75) is 66.9 Å². The first-order valence-electron chi connectivity index (χ1n) is 9.36. The molecule has 0 aliphatic carbocycles. The average molecular weight is 478 g/mol. The van der Waals surface area contributed by atoms with Crippen molar-refractivity contribution in [1.29, 1.82) is 5.41 Å². The van der Waals surface area contributed by atoms with E-state index in [-0.39, 0.29) is 25.0 Å². The monoisotopic (exact) mass is 477 g/mol. The minimum atomic E-state index is -4.46. The van der Waals surface area contributed by atoms with Crippen molar-refractivity contribution in [3.05, 3.63) is 0 Å². The smallest absolute Gasteiger partial charge is 0.469 e. The summed E-state index contributed by atoms with van der Waals surface area (Å²) < 4.78 is 54.4. The van der Waals surface area contributed by atoms with Gasteiger partial charge in [-0.25, -0.2) is 4.57 Å². The van der Waals surface area contributed by atoms with E-state index in [1.165, 1.54) is 13.8 Å². The molecule has 30 heavy (non-hydrogen) atoms. The van der Waals surface area contributed by atoms with Crippen LogP contribution >= 0.6 is 7.82 Å². The van der Waals surface area contributed by atoms with Gasteiger partial charge in [-0.15, -0.1) is 0 Å². The minimum Gasteiger partial charge on any atom is -0.474 e. The number of rotatable bonds is 11. The lowest BCUT2D eigenvalue weighted by atomic mass is 9.91. The average Bonchev–Trinajstić information content (AvgIpc) is 2.54. The molecule has 1 atom stereocenters. The maximum atomic E-state index is 11.3. The van der Waals surface area contributed by atoms with Crippen molar-refractivity contribution in [2.24, 2.45) is 11.3 Å². The molecule has 0 rings (SSSR count). The fourth-order valence-electron chi connectivity index (χ4n) is 1.68. The molecule has 13 heteroatoms. The summed E-state index contributed by atoms with van der Waals surface area (Å²) >= 11 is 0. The molecule has 11 nitrogen and oxygen atoms in total. The summed E-state index contributed by atoms with van der Waals surface area (Å²) in [5.74, 6) is -0.921. The number of phosphoric ester groups is 1. The maximum Gasteiger partial charge on any atom is 0.469 e. The standard InChI is InChI=1S/C9H19NO4S.C8H17O6P/c1-5-7(2)8(10)14-9(3,4)6-15(11,12)13;1-4-8(2,3)7(9)13-5-6-14-15(10,11)12/h7,10H,5-6H2,1-4H3,(H,11,12,13);4-6H2,1-3H3,(H2,10,11,12). The maximum absolute atomic E-state index is 11.3. The van der Waals surface area contributed by atoms with Crippen LogP contribution in [0.4, 0.5) is 0 Å². The summed E-state index contributed by atoms with van der Waals surface area (Å²) in [6.07, 6.45) is 1.38. The predicted molar refractivity (Wildman–Crippen MR) is 112 cm³/mol. The van der Waals surface area contributed by atoms with Crippen LogP contribution in [-0.2, 0) is 33.5 Å². The minimum absolute atomic E-state index is 0.0474. The van der Waals surface area contributed by atoms with Gasteiger partial charge >= 0.3 is 13.8 Å². The second-order valence-electron chi connectivity index (χ2n) is 7.96. The summed E-state index contributed by atoms with van der Waals surface area (Å²) in [6.45, 7) is 11.6. The third-order valence-electron chi connectivity index (χ3n) is 3.99. The molecule has 0 aliphatic rings. The van der Waals surface area contributed by atoms with E-state index in [2.05, 4.69) is 4.52 Å². The Bertz CT molecular complexity index is 699. The summed E-state index contributed by atoms with van der Waals surface area (Å²) in [4.78, 5) is 28.0. The first kappa shape index (κ1) is 31.1. The molecule has 0 saturated heterocycles. The van der Waals surface area contributed by atoms with E-state index in [1.807, 2.05) is 20.8 Å². The zero-order valence-corrected chi connectivity index (χ0v) is 20.4. The number of carbonyl (C=O) groups is 1. The Hall–Kier alpha value is -1.04. The van der Waals surface area contributed by atoms with Crippen LogP contribution in [0.25, 0.3) is 0 Å². The molecule has 0 aromatic carbocycles. The number of esters is 1.